The summed E-state index contributed by atoms with van der Waals surface area (Å²) in [4.78, 5) is 30.6. The van der Waals surface area contributed by atoms with Crippen LogP contribution in [0.3, 0.4) is 0 Å². The zero-order valence-electron chi connectivity index (χ0n) is 19.6. The lowest BCUT2D eigenvalue weighted by Gasteiger charge is -2.46. The average Bonchev–Trinajstić information content (AvgIpc) is 2.86. The van der Waals surface area contributed by atoms with Gasteiger partial charge in [-0.25, -0.2) is 0 Å². The second-order valence-electron chi connectivity index (χ2n) is 9.99. The van der Waals surface area contributed by atoms with Gasteiger partial charge in [-0.1, -0.05) is 29.8 Å². The first-order chi connectivity index (χ1) is 16.4. The molecule has 0 radical (unpaired) electrons. The zero-order chi connectivity index (χ0) is 23.7. The molecule has 2 aromatic rings. The molecule has 0 unspecified atom stereocenters. The Morgan fingerprint density at radius 2 is 1.79 bits per heavy atom. The number of nitrogens with zero attached hydrogens (tertiary/aromatic N) is 2. The summed E-state index contributed by atoms with van der Waals surface area (Å²) in [5.41, 5.74) is 1.42. The Balaban J connectivity index is 1.29. The quantitative estimate of drug-likeness (QED) is 0.710. The molecule has 2 saturated heterocycles. The Bertz CT molecular complexity index is 1050. The third-order valence-corrected chi connectivity index (χ3v) is 7.83. The van der Waals surface area contributed by atoms with E-state index in [1.807, 2.05) is 18.2 Å². The molecule has 34 heavy (non-hydrogen) atoms. The Morgan fingerprint density at radius 3 is 2.56 bits per heavy atom. The first kappa shape index (κ1) is 23.2. The van der Waals surface area contributed by atoms with Crippen LogP contribution in [0.15, 0.2) is 48.5 Å². The second kappa shape index (κ2) is 9.59. The lowest BCUT2D eigenvalue weighted by Crippen LogP contribution is -2.52. The summed E-state index contributed by atoms with van der Waals surface area (Å²) < 4.78 is 6.53. The molecule has 2 atom stereocenters. The Morgan fingerprint density at radius 1 is 1.06 bits per heavy atom. The highest BCUT2D eigenvalue weighted by molar-refractivity contribution is 6.30. The highest BCUT2D eigenvalue weighted by Crippen LogP contribution is 2.44. The number of ether oxygens (including phenoxy) is 1. The van der Waals surface area contributed by atoms with E-state index in [0.29, 0.717) is 23.7 Å². The van der Waals surface area contributed by atoms with E-state index < -0.39 is 0 Å². The lowest BCUT2D eigenvalue weighted by atomic mass is 9.80. The van der Waals surface area contributed by atoms with Crippen LogP contribution in [-0.4, -0.2) is 60.4 Å². The number of halogens is 1. The van der Waals surface area contributed by atoms with Gasteiger partial charge in [0.15, 0.2) is 0 Å². The first-order valence-electron chi connectivity index (χ1n) is 12.2. The van der Waals surface area contributed by atoms with Gasteiger partial charge in [0.2, 0.25) is 5.91 Å². The van der Waals surface area contributed by atoms with Crippen molar-refractivity contribution in [1.82, 2.24) is 15.1 Å². The van der Waals surface area contributed by atoms with Crippen LogP contribution in [0, 0.1) is 5.92 Å². The fraction of sp³-hybridized carbons (Fsp3) is 0.481. The molecule has 3 heterocycles. The molecule has 0 bridgehead atoms. The summed E-state index contributed by atoms with van der Waals surface area (Å²) in [5, 5.41) is 3.95. The zero-order valence-corrected chi connectivity index (χ0v) is 20.4. The normalized spacial score (nSPS) is 24.2. The maximum atomic E-state index is 13.4. The smallest absolute Gasteiger partial charge is 0.253 e. The van der Waals surface area contributed by atoms with Crippen molar-refractivity contribution in [2.24, 2.45) is 5.92 Å². The van der Waals surface area contributed by atoms with Gasteiger partial charge in [-0.05, 0) is 63.1 Å². The molecule has 5 rings (SSSR count). The van der Waals surface area contributed by atoms with E-state index in [1.54, 1.807) is 29.2 Å². The van der Waals surface area contributed by atoms with Crippen LogP contribution in [0.1, 0.15) is 54.1 Å². The van der Waals surface area contributed by atoms with E-state index in [0.717, 1.165) is 56.5 Å². The van der Waals surface area contributed by atoms with Crippen LogP contribution in [-0.2, 0) is 4.79 Å². The maximum Gasteiger partial charge on any atom is 0.253 e. The number of nitrogens with one attached hydrogen (secondary N) is 1. The maximum absolute atomic E-state index is 13.4. The van der Waals surface area contributed by atoms with Crippen molar-refractivity contribution in [3.8, 4) is 5.75 Å². The molecule has 180 valence electrons. The standard InChI is InChI=1S/C27H32ClN3O3/c1-30-15-12-27(13-16-30)17-23(22-6-2-3-7-24(22)34-27)29-25(32)20-5-4-14-31(18-20)26(33)19-8-10-21(28)11-9-19/h2-3,6-11,20,23H,4-5,12-18H2,1H3,(H,29,32)/t20-,23-/m1/s1. The molecule has 0 aromatic heterocycles. The summed E-state index contributed by atoms with van der Waals surface area (Å²) in [6, 6.07) is 14.9. The van der Waals surface area contributed by atoms with E-state index in [1.165, 1.54) is 0 Å². The number of piperidine rings is 2. The number of amides is 2. The van der Waals surface area contributed by atoms with Crippen LogP contribution < -0.4 is 10.1 Å². The number of hydrogen-bond donors (Lipinski definition) is 1. The van der Waals surface area contributed by atoms with Gasteiger partial charge in [0, 0.05) is 48.7 Å². The van der Waals surface area contributed by atoms with Crippen molar-refractivity contribution in [1.29, 1.82) is 0 Å². The van der Waals surface area contributed by atoms with E-state index in [-0.39, 0.29) is 29.4 Å². The molecule has 2 fully saturated rings. The number of carbonyl (C=O) groups is 2. The summed E-state index contributed by atoms with van der Waals surface area (Å²) in [6.07, 6.45) is 4.30. The highest BCUT2D eigenvalue weighted by atomic mass is 35.5. The molecular formula is C27H32ClN3O3. The molecule has 2 aromatic carbocycles. The Kier molecular flexibility index (Phi) is 6.54. The Hall–Kier alpha value is -2.57. The molecule has 3 aliphatic heterocycles. The second-order valence-corrected chi connectivity index (χ2v) is 10.4. The number of carbonyl (C=O) groups excluding carboxylic acids is 2. The van der Waals surface area contributed by atoms with E-state index in [2.05, 4.69) is 23.3 Å². The number of benzene rings is 2. The van der Waals surface area contributed by atoms with Crippen LogP contribution in [0.4, 0.5) is 0 Å². The van der Waals surface area contributed by atoms with Crippen molar-refractivity contribution in [3.05, 3.63) is 64.7 Å². The summed E-state index contributed by atoms with van der Waals surface area (Å²) in [5.74, 6) is 0.648. The molecule has 1 spiro atoms. The van der Waals surface area contributed by atoms with Crippen LogP contribution in [0.2, 0.25) is 5.02 Å². The number of fused-ring (bicyclic) bond motifs is 1. The molecule has 0 aliphatic carbocycles. The number of hydrogen-bond acceptors (Lipinski definition) is 4. The van der Waals surface area contributed by atoms with E-state index in [9.17, 15) is 9.59 Å². The topological polar surface area (TPSA) is 61.9 Å². The largest absolute Gasteiger partial charge is 0.487 e. The third-order valence-electron chi connectivity index (χ3n) is 7.58. The van der Waals surface area contributed by atoms with Gasteiger partial charge >= 0.3 is 0 Å². The van der Waals surface area contributed by atoms with Crippen molar-refractivity contribution < 1.29 is 14.3 Å². The van der Waals surface area contributed by atoms with Gasteiger partial charge in [0.1, 0.15) is 11.4 Å². The van der Waals surface area contributed by atoms with Gasteiger partial charge in [-0.3, -0.25) is 9.59 Å². The minimum Gasteiger partial charge on any atom is -0.487 e. The third kappa shape index (κ3) is 4.80. The van der Waals surface area contributed by atoms with Crippen molar-refractivity contribution in [2.45, 2.75) is 43.7 Å². The minimum atomic E-state index is -0.234. The van der Waals surface area contributed by atoms with Gasteiger partial charge in [0.25, 0.3) is 5.91 Å². The summed E-state index contributed by atoms with van der Waals surface area (Å²) in [6.45, 7) is 3.09. The monoisotopic (exact) mass is 481 g/mol. The van der Waals surface area contributed by atoms with Gasteiger partial charge < -0.3 is 19.9 Å². The van der Waals surface area contributed by atoms with E-state index in [4.69, 9.17) is 16.3 Å². The SMILES string of the molecule is CN1CCC2(CC1)C[C@@H](NC(=O)[C@@H]1CCCN(C(=O)c3ccc(Cl)cc3)C1)c1ccccc1O2. The lowest BCUT2D eigenvalue weighted by molar-refractivity contribution is -0.128. The van der Waals surface area contributed by atoms with Crippen LogP contribution in [0.25, 0.3) is 0 Å². The van der Waals surface area contributed by atoms with Crippen LogP contribution >= 0.6 is 11.6 Å². The molecule has 7 heteroatoms. The molecule has 3 aliphatic rings. The minimum absolute atomic E-state index is 0.0263. The first-order valence-corrected chi connectivity index (χ1v) is 12.6. The molecule has 6 nitrogen and oxygen atoms in total. The summed E-state index contributed by atoms with van der Waals surface area (Å²) >= 11 is 5.97. The van der Waals surface area contributed by atoms with Crippen molar-refractivity contribution in [2.75, 3.05) is 33.2 Å². The van der Waals surface area contributed by atoms with Crippen molar-refractivity contribution >= 4 is 23.4 Å². The van der Waals surface area contributed by atoms with Gasteiger partial charge in [0.05, 0.1) is 12.0 Å². The summed E-state index contributed by atoms with van der Waals surface area (Å²) in [7, 11) is 2.14. The number of rotatable bonds is 3. The number of para-hydroxylation sites is 1. The van der Waals surface area contributed by atoms with Crippen molar-refractivity contribution in [3.63, 3.8) is 0 Å². The Labute approximate surface area is 206 Å². The molecular weight excluding hydrogens is 450 g/mol. The fourth-order valence-electron chi connectivity index (χ4n) is 5.52. The van der Waals surface area contributed by atoms with Gasteiger partial charge in [-0.2, -0.15) is 0 Å². The molecule has 1 N–H and O–H groups in total. The average molecular weight is 482 g/mol. The predicted molar refractivity (Wildman–Crippen MR) is 132 cm³/mol. The van der Waals surface area contributed by atoms with Crippen LogP contribution in [0.5, 0.6) is 5.75 Å². The highest BCUT2D eigenvalue weighted by Gasteiger charge is 2.43. The molecule has 0 saturated carbocycles. The molecule has 2 amide bonds. The number of likely N-dealkylation sites (tertiary alicyclic amines) is 2. The fourth-order valence-corrected chi connectivity index (χ4v) is 5.65. The van der Waals surface area contributed by atoms with Gasteiger partial charge in [-0.15, -0.1) is 0 Å². The predicted octanol–water partition coefficient (Wildman–Crippen LogP) is 4.30. The van der Waals surface area contributed by atoms with E-state index >= 15 is 0 Å².